The van der Waals surface area contributed by atoms with Gasteiger partial charge < -0.3 is 10.6 Å². The van der Waals surface area contributed by atoms with E-state index in [2.05, 4.69) is 6.58 Å². The highest BCUT2D eigenvalue weighted by Crippen LogP contribution is 2.31. The van der Waals surface area contributed by atoms with Gasteiger partial charge in [0.05, 0.1) is 4.92 Å². The molecule has 0 radical (unpaired) electrons. The lowest BCUT2D eigenvalue weighted by Crippen LogP contribution is -2.40. The molecule has 0 spiro atoms. The average Bonchev–Trinajstić information content (AvgIpc) is 2.68. The van der Waals surface area contributed by atoms with E-state index in [-0.39, 0.29) is 12.2 Å². The number of amides is 2. The first kappa shape index (κ1) is 31.1. The van der Waals surface area contributed by atoms with Crippen molar-refractivity contribution in [2.75, 3.05) is 6.54 Å². The van der Waals surface area contributed by atoms with E-state index in [4.69, 9.17) is 0 Å². The topological polar surface area (TPSA) is 144 Å². The number of alkyl halides is 7. The van der Waals surface area contributed by atoms with Crippen molar-refractivity contribution in [3.05, 3.63) is 67.3 Å². The maximum absolute atomic E-state index is 15.1. The normalized spacial score (nSPS) is 15.8. The van der Waals surface area contributed by atoms with E-state index in [1.54, 1.807) is 0 Å². The van der Waals surface area contributed by atoms with Crippen LogP contribution in [0.4, 0.5) is 35.1 Å². The predicted molar refractivity (Wildman–Crippen MR) is 101 cm³/mol. The Kier molecular flexibility index (Phi) is 10.7. The third-order valence-electron chi connectivity index (χ3n) is 3.85. The number of hydrogen-bond acceptors (Lipinski definition) is 6. The molecule has 35 heavy (non-hydrogen) atoms. The van der Waals surface area contributed by atoms with Gasteiger partial charge in [-0.3, -0.25) is 29.8 Å². The first-order valence-electron chi connectivity index (χ1n) is 8.88. The molecule has 0 fully saturated rings. The van der Waals surface area contributed by atoms with Gasteiger partial charge >= 0.3 is 24.2 Å². The molecular formula is C17H16F8N4O6. The van der Waals surface area contributed by atoms with Gasteiger partial charge in [0.2, 0.25) is 6.04 Å². The average molecular weight is 524 g/mol. The second-order valence-electron chi connectivity index (χ2n) is 6.41. The maximum Gasteiger partial charge on any atom is 0.471 e. The van der Waals surface area contributed by atoms with Crippen LogP contribution in [0.2, 0.25) is 0 Å². The van der Waals surface area contributed by atoms with Gasteiger partial charge in [0.25, 0.3) is 5.70 Å². The van der Waals surface area contributed by atoms with Crippen LogP contribution < -0.4 is 10.6 Å². The number of carbonyl (C=O) groups excluding carboxylic acids is 2. The SMILES string of the molecule is C=C\C(=C(NC(=O)C(F)(F)F)/C(C(/F)=C\C(C)[N+](=O)[O-])=C(/CNC(=O)C(F)(F)F)C(C)F)[N+](=O)[O-]. The van der Waals surface area contributed by atoms with Gasteiger partial charge in [-0.1, -0.05) is 6.58 Å². The Hall–Kier alpha value is -3.86. The number of halogens is 8. The minimum absolute atomic E-state index is 0.0314. The third-order valence-corrected chi connectivity index (χ3v) is 3.85. The fourth-order valence-electron chi connectivity index (χ4n) is 2.20. The standard InChI is InChI=1S/C17H16F8N4O6/c1-4-11(29(34)35)13(27-15(31)17(23,24)25)12(10(19)5-7(2)28(32)33)9(8(3)18)6-26-14(30)16(20,21)22/h4-5,7-8H,1,6H2,2-3H3,(H,26,30)(H,27,31)/b10-5+,12-9-,13-11-. The first-order chi connectivity index (χ1) is 15.7. The molecule has 0 aromatic rings. The van der Waals surface area contributed by atoms with Gasteiger partial charge in [-0.2, -0.15) is 26.3 Å². The predicted octanol–water partition coefficient (Wildman–Crippen LogP) is 3.19. The summed E-state index contributed by atoms with van der Waals surface area (Å²) < 4.78 is 105. The zero-order chi connectivity index (χ0) is 27.9. The van der Waals surface area contributed by atoms with Crippen molar-refractivity contribution in [3.8, 4) is 0 Å². The van der Waals surface area contributed by atoms with Crippen molar-refractivity contribution in [2.45, 2.75) is 38.4 Å². The Labute approximate surface area is 190 Å². The highest BCUT2D eigenvalue weighted by atomic mass is 19.4. The number of nitrogens with one attached hydrogen (secondary N) is 2. The highest BCUT2D eigenvalue weighted by Gasteiger charge is 2.42. The van der Waals surface area contributed by atoms with Crippen LogP contribution >= 0.6 is 0 Å². The van der Waals surface area contributed by atoms with Gasteiger partial charge in [-0.15, -0.1) is 0 Å². The summed E-state index contributed by atoms with van der Waals surface area (Å²) in [4.78, 5) is 42.0. The first-order valence-corrected chi connectivity index (χ1v) is 8.88. The lowest BCUT2D eigenvalue weighted by molar-refractivity contribution is -0.505. The van der Waals surface area contributed by atoms with Crippen LogP contribution in [0, 0.1) is 20.2 Å². The largest absolute Gasteiger partial charge is 0.471 e. The minimum Gasteiger partial charge on any atom is -0.344 e. The Morgan fingerprint density at radius 2 is 1.51 bits per heavy atom. The van der Waals surface area contributed by atoms with Gasteiger partial charge in [0.15, 0.2) is 0 Å². The molecule has 2 atom stereocenters. The van der Waals surface area contributed by atoms with Crippen molar-refractivity contribution in [1.29, 1.82) is 0 Å². The van der Waals surface area contributed by atoms with Crippen LogP contribution in [-0.4, -0.2) is 52.8 Å². The fraction of sp³-hybridized carbons (Fsp3) is 0.412. The molecule has 0 aliphatic heterocycles. The van der Waals surface area contributed by atoms with E-state index in [0.29, 0.717) is 6.92 Å². The van der Waals surface area contributed by atoms with Gasteiger partial charge in [-0.05, 0) is 12.5 Å². The summed E-state index contributed by atoms with van der Waals surface area (Å²) >= 11 is 0. The zero-order valence-corrected chi connectivity index (χ0v) is 17.6. The molecule has 0 aliphatic carbocycles. The quantitative estimate of drug-likeness (QED) is 0.194. The summed E-state index contributed by atoms with van der Waals surface area (Å²) in [5.74, 6) is -7.69. The van der Waals surface area contributed by atoms with Gasteiger partial charge in [-0.25, -0.2) is 8.78 Å². The molecule has 0 aliphatic rings. The van der Waals surface area contributed by atoms with Crippen LogP contribution in [0.5, 0.6) is 0 Å². The molecule has 2 N–H and O–H groups in total. The summed E-state index contributed by atoms with van der Waals surface area (Å²) in [5.41, 5.74) is -6.32. The van der Waals surface area contributed by atoms with Crippen LogP contribution in [-0.2, 0) is 9.59 Å². The number of allylic oxidation sites excluding steroid dienone is 2. The van der Waals surface area contributed by atoms with E-state index in [1.807, 2.05) is 0 Å². The Morgan fingerprint density at radius 3 is 1.86 bits per heavy atom. The van der Waals surface area contributed by atoms with E-state index in [0.717, 1.165) is 17.6 Å². The Bertz CT molecular complexity index is 982. The molecule has 0 aromatic heterocycles. The summed E-state index contributed by atoms with van der Waals surface area (Å²) in [6.07, 6.45) is -13.7. The number of carbonyl (C=O) groups is 2. The van der Waals surface area contributed by atoms with Gasteiger partial charge in [0.1, 0.15) is 17.7 Å². The van der Waals surface area contributed by atoms with E-state index in [1.165, 1.54) is 0 Å². The third kappa shape index (κ3) is 9.13. The van der Waals surface area contributed by atoms with Crippen LogP contribution in [0.1, 0.15) is 13.8 Å². The number of nitrogens with zero attached hydrogens (tertiary/aromatic N) is 2. The Balaban J connectivity index is 7.45. The maximum atomic E-state index is 15.1. The second-order valence-corrected chi connectivity index (χ2v) is 6.41. The Morgan fingerprint density at radius 1 is 1.03 bits per heavy atom. The molecular weight excluding hydrogens is 508 g/mol. The highest BCUT2D eigenvalue weighted by molar-refractivity contribution is 5.85. The smallest absolute Gasteiger partial charge is 0.344 e. The molecule has 10 nitrogen and oxygen atoms in total. The number of rotatable bonds is 10. The monoisotopic (exact) mass is 524 g/mol. The summed E-state index contributed by atoms with van der Waals surface area (Å²) in [6, 6.07) is -1.99. The molecule has 196 valence electrons. The van der Waals surface area contributed by atoms with Crippen LogP contribution in [0.25, 0.3) is 0 Å². The van der Waals surface area contributed by atoms with Gasteiger partial charge in [0, 0.05) is 36.1 Å². The fourth-order valence-corrected chi connectivity index (χ4v) is 2.20. The van der Waals surface area contributed by atoms with Crippen molar-refractivity contribution >= 4 is 11.8 Å². The second kappa shape index (κ2) is 12.0. The molecule has 0 rings (SSSR count). The van der Waals surface area contributed by atoms with Crippen molar-refractivity contribution < 1.29 is 54.6 Å². The molecule has 0 heterocycles. The lowest BCUT2D eigenvalue weighted by atomic mass is 9.97. The van der Waals surface area contributed by atoms with E-state index in [9.17, 15) is 60.6 Å². The summed E-state index contributed by atoms with van der Waals surface area (Å²) in [6.45, 7) is 2.53. The lowest BCUT2D eigenvalue weighted by Gasteiger charge is -2.20. The zero-order valence-electron chi connectivity index (χ0n) is 17.6. The van der Waals surface area contributed by atoms with Crippen molar-refractivity contribution in [3.63, 3.8) is 0 Å². The molecule has 0 saturated heterocycles. The molecule has 18 heteroatoms. The summed E-state index contributed by atoms with van der Waals surface area (Å²) in [5, 5.41) is 24.2. The van der Waals surface area contributed by atoms with E-state index >= 15 is 4.39 Å². The number of hydrogen-bond donors (Lipinski definition) is 2. The van der Waals surface area contributed by atoms with Crippen LogP contribution in [0.3, 0.4) is 0 Å². The molecule has 0 saturated carbocycles. The molecule has 0 bridgehead atoms. The minimum atomic E-state index is -5.75. The molecule has 2 unspecified atom stereocenters. The molecule has 0 aromatic carbocycles. The van der Waals surface area contributed by atoms with E-state index < -0.39 is 81.1 Å². The molecule has 2 amide bonds. The van der Waals surface area contributed by atoms with Crippen LogP contribution in [0.15, 0.2) is 47.1 Å². The van der Waals surface area contributed by atoms with Crippen molar-refractivity contribution in [1.82, 2.24) is 10.6 Å². The van der Waals surface area contributed by atoms with Crippen molar-refractivity contribution in [2.24, 2.45) is 0 Å². The number of nitro groups is 2. The summed E-state index contributed by atoms with van der Waals surface area (Å²) in [7, 11) is 0.